The SMILES string of the molecule is CC(C)C/C=C\[C@@H](O)CC(C)C. The zero-order valence-corrected chi connectivity index (χ0v) is 8.75. The Bertz CT molecular complexity index is 125. The molecule has 0 aromatic heterocycles. The van der Waals surface area contributed by atoms with Crippen LogP contribution in [0.2, 0.25) is 0 Å². The summed E-state index contributed by atoms with van der Waals surface area (Å²) < 4.78 is 0. The molecule has 0 heterocycles. The Morgan fingerprint density at radius 3 is 2.08 bits per heavy atom. The van der Waals surface area contributed by atoms with Gasteiger partial charge in [-0.2, -0.15) is 0 Å². The highest BCUT2D eigenvalue weighted by molar-refractivity contribution is 4.89. The van der Waals surface area contributed by atoms with E-state index >= 15 is 0 Å². The molecule has 0 unspecified atom stereocenters. The lowest BCUT2D eigenvalue weighted by Gasteiger charge is -2.08. The predicted octanol–water partition coefficient (Wildman–Crippen LogP) is 3.00. The van der Waals surface area contributed by atoms with Crippen LogP contribution in [0.4, 0.5) is 0 Å². The third-order valence-corrected chi connectivity index (χ3v) is 1.68. The molecule has 0 aromatic rings. The molecule has 0 aromatic carbocycles. The van der Waals surface area contributed by atoms with Gasteiger partial charge in [-0.25, -0.2) is 0 Å². The number of hydrogen-bond acceptors (Lipinski definition) is 1. The van der Waals surface area contributed by atoms with Crippen molar-refractivity contribution in [3.63, 3.8) is 0 Å². The summed E-state index contributed by atoms with van der Waals surface area (Å²) in [6.45, 7) is 8.61. The topological polar surface area (TPSA) is 20.2 Å². The third-order valence-electron chi connectivity index (χ3n) is 1.68. The van der Waals surface area contributed by atoms with Gasteiger partial charge in [0.1, 0.15) is 0 Å². The van der Waals surface area contributed by atoms with E-state index in [1.807, 2.05) is 6.08 Å². The van der Waals surface area contributed by atoms with Gasteiger partial charge in [0, 0.05) is 0 Å². The lowest BCUT2D eigenvalue weighted by atomic mass is 10.0. The molecule has 0 aliphatic heterocycles. The van der Waals surface area contributed by atoms with Crippen LogP contribution in [0.5, 0.6) is 0 Å². The highest BCUT2D eigenvalue weighted by atomic mass is 16.3. The molecule has 1 atom stereocenters. The fourth-order valence-corrected chi connectivity index (χ4v) is 1.07. The fraction of sp³-hybridized carbons (Fsp3) is 0.818. The second kappa shape index (κ2) is 6.24. The lowest BCUT2D eigenvalue weighted by molar-refractivity contribution is 0.194. The summed E-state index contributed by atoms with van der Waals surface area (Å²) in [5.41, 5.74) is 0. The van der Waals surface area contributed by atoms with Crippen molar-refractivity contribution in [1.29, 1.82) is 0 Å². The molecule has 0 aliphatic carbocycles. The minimum atomic E-state index is -0.247. The van der Waals surface area contributed by atoms with Crippen molar-refractivity contribution in [1.82, 2.24) is 0 Å². The summed E-state index contributed by atoms with van der Waals surface area (Å²) in [5.74, 6) is 1.26. The average molecular weight is 170 g/mol. The monoisotopic (exact) mass is 170 g/mol. The maximum atomic E-state index is 9.45. The van der Waals surface area contributed by atoms with Gasteiger partial charge in [-0.15, -0.1) is 0 Å². The van der Waals surface area contributed by atoms with E-state index in [1.165, 1.54) is 0 Å². The Morgan fingerprint density at radius 2 is 1.67 bits per heavy atom. The largest absolute Gasteiger partial charge is 0.389 e. The molecule has 0 aliphatic rings. The van der Waals surface area contributed by atoms with Gasteiger partial charge in [-0.3, -0.25) is 0 Å². The number of allylic oxidation sites excluding steroid dienone is 1. The normalized spacial score (nSPS) is 14.9. The van der Waals surface area contributed by atoms with Crippen LogP contribution in [0.25, 0.3) is 0 Å². The van der Waals surface area contributed by atoms with Crippen LogP contribution in [0.15, 0.2) is 12.2 Å². The summed E-state index contributed by atoms with van der Waals surface area (Å²) in [4.78, 5) is 0. The van der Waals surface area contributed by atoms with E-state index in [9.17, 15) is 5.11 Å². The van der Waals surface area contributed by atoms with Crippen molar-refractivity contribution >= 4 is 0 Å². The van der Waals surface area contributed by atoms with Gasteiger partial charge < -0.3 is 5.11 Å². The first-order chi connectivity index (χ1) is 5.52. The third kappa shape index (κ3) is 7.80. The molecule has 0 radical (unpaired) electrons. The molecule has 0 rings (SSSR count). The molecule has 0 fully saturated rings. The van der Waals surface area contributed by atoms with E-state index in [1.54, 1.807) is 0 Å². The van der Waals surface area contributed by atoms with E-state index in [4.69, 9.17) is 0 Å². The zero-order valence-electron chi connectivity index (χ0n) is 8.75. The second-order valence-corrected chi connectivity index (χ2v) is 4.25. The van der Waals surface area contributed by atoms with Crippen molar-refractivity contribution in [2.75, 3.05) is 0 Å². The highest BCUT2D eigenvalue weighted by Crippen LogP contribution is 2.07. The van der Waals surface area contributed by atoms with Gasteiger partial charge in [0.2, 0.25) is 0 Å². The van der Waals surface area contributed by atoms with Crippen molar-refractivity contribution in [2.24, 2.45) is 11.8 Å². The Labute approximate surface area is 76.5 Å². The van der Waals surface area contributed by atoms with Crippen LogP contribution in [0, 0.1) is 11.8 Å². The Kier molecular flexibility index (Phi) is 6.09. The maximum Gasteiger partial charge on any atom is 0.0723 e. The molecule has 12 heavy (non-hydrogen) atoms. The lowest BCUT2D eigenvalue weighted by Crippen LogP contribution is -2.06. The first-order valence-corrected chi connectivity index (χ1v) is 4.87. The Morgan fingerprint density at radius 1 is 1.08 bits per heavy atom. The number of hydrogen-bond donors (Lipinski definition) is 1. The number of rotatable bonds is 5. The van der Waals surface area contributed by atoms with Crippen molar-refractivity contribution in [3.8, 4) is 0 Å². The summed E-state index contributed by atoms with van der Waals surface area (Å²) in [5, 5.41) is 9.45. The van der Waals surface area contributed by atoms with Gasteiger partial charge in [-0.1, -0.05) is 39.8 Å². The minimum absolute atomic E-state index is 0.247. The first kappa shape index (κ1) is 11.7. The summed E-state index contributed by atoms with van der Waals surface area (Å²) in [6, 6.07) is 0. The fourth-order valence-electron chi connectivity index (χ4n) is 1.07. The molecule has 0 spiro atoms. The van der Waals surface area contributed by atoms with E-state index in [2.05, 4.69) is 33.8 Å². The van der Waals surface area contributed by atoms with Crippen LogP contribution >= 0.6 is 0 Å². The van der Waals surface area contributed by atoms with Gasteiger partial charge in [0.15, 0.2) is 0 Å². The van der Waals surface area contributed by atoms with Crippen molar-refractivity contribution in [3.05, 3.63) is 12.2 Å². The maximum absolute atomic E-state index is 9.45. The van der Waals surface area contributed by atoms with Gasteiger partial charge in [0.05, 0.1) is 6.10 Å². The van der Waals surface area contributed by atoms with Crippen molar-refractivity contribution in [2.45, 2.75) is 46.6 Å². The molecule has 0 saturated carbocycles. The van der Waals surface area contributed by atoms with E-state index < -0.39 is 0 Å². The van der Waals surface area contributed by atoms with E-state index in [-0.39, 0.29) is 6.10 Å². The second-order valence-electron chi connectivity index (χ2n) is 4.25. The van der Waals surface area contributed by atoms with Crippen molar-refractivity contribution < 1.29 is 5.11 Å². The predicted molar refractivity (Wildman–Crippen MR) is 54.1 cm³/mol. The smallest absolute Gasteiger partial charge is 0.0723 e. The Balaban J connectivity index is 3.53. The summed E-state index contributed by atoms with van der Waals surface area (Å²) >= 11 is 0. The van der Waals surface area contributed by atoms with Gasteiger partial charge in [-0.05, 0) is 24.7 Å². The van der Waals surface area contributed by atoms with E-state index in [0.717, 1.165) is 12.8 Å². The van der Waals surface area contributed by atoms with Crippen LogP contribution < -0.4 is 0 Å². The number of aliphatic hydroxyl groups is 1. The van der Waals surface area contributed by atoms with Gasteiger partial charge >= 0.3 is 0 Å². The molecule has 1 N–H and O–H groups in total. The molecular formula is C11H22O. The van der Waals surface area contributed by atoms with E-state index in [0.29, 0.717) is 11.8 Å². The highest BCUT2D eigenvalue weighted by Gasteiger charge is 2.01. The minimum Gasteiger partial charge on any atom is -0.389 e. The standard InChI is InChI=1S/C11H22O/c1-9(2)6-5-7-11(12)8-10(3)4/h5,7,9-12H,6,8H2,1-4H3/b7-5-/t11-/m1/s1. The molecule has 72 valence electrons. The molecule has 1 nitrogen and oxygen atoms in total. The Hall–Kier alpha value is -0.300. The summed E-state index contributed by atoms with van der Waals surface area (Å²) in [7, 11) is 0. The quantitative estimate of drug-likeness (QED) is 0.629. The average Bonchev–Trinajstić information content (AvgIpc) is 1.84. The first-order valence-electron chi connectivity index (χ1n) is 4.87. The zero-order chi connectivity index (χ0) is 9.56. The van der Waals surface area contributed by atoms with Crippen LogP contribution in [0.3, 0.4) is 0 Å². The van der Waals surface area contributed by atoms with Crippen LogP contribution in [-0.2, 0) is 0 Å². The van der Waals surface area contributed by atoms with Crippen LogP contribution in [-0.4, -0.2) is 11.2 Å². The summed E-state index contributed by atoms with van der Waals surface area (Å²) in [6.07, 6.45) is 5.69. The molecule has 0 bridgehead atoms. The molecule has 0 saturated heterocycles. The number of aliphatic hydroxyl groups excluding tert-OH is 1. The molecular weight excluding hydrogens is 148 g/mol. The molecule has 0 amide bonds. The van der Waals surface area contributed by atoms with Crippen LogP contribution in [0.1, 0.15) is 40.5 Å². The molecule has 1 heteroatoms. The van der Waals surface area contributed by atoms with Gasteiger partial charge in [0.25, 0.3) is 0 Å².